The van der Waals surface area contributed by atoms with Gasteiger partial charge in [-0.1, -0.05) is 12.1 Å². The highest BCUT2D eigenvalue weighted by molar-refractivity contribution is 6.40. The van der Waals surface area contributed by atoms with Crippen molar-refractivity contribution in [3.8, 4) is 0 Å². The molecule has 0 saturated carbocycles. The molecule has 0 spiro atoms. The molecule has 1 aromatic carbocycles. The molecule has 0 bridgehead atoms. The molecule has 2 amide bonds. The second-order valence-corrected chi connectivity index (χ2v) is 7.02. The van der Waals surface area contributed by atoms with Gasteiger partial charge in [0.25, 0.3) is 5.91 Å². The van der Waals surface area contributed by atoms with Crippen LogP contribution in [0.25, 0.3) is 0 Å². The second-order valence-electron chi connectivity index (χ2n) is 7.02. The molecule has 6 nitrogen and oxygen atoms in total. The maximum atomic E-state index is 13.0. The number of benzene rings is 1. The topological polar surface area (TPSA) is 62.2 Å². The number of likely N-dealkylation sites (N-methyl/N-ethyl adjacent to an activating group) is 1. The molecule has 0 radical (unpaired) electrons. The number of amides is 2. The molecular formula is C20H27N3O3. The molecule has 2 aliphatic rings. The highest BCUT2D eigenvalue weighted by Crippen LogP contribution is 2.26. The largest absolute Gasteiger partial charge is 0.376 e. The van der Waals surface area contributed by atoms with Crippen molar-refractivity contribution in [2.45, 2.75) is 52.6 Å². The van der Waals surface area contributed by atoms with E-state index in [1.54, 1.807) is 4.90 Å². The van der Waals surface area contributed by atoms with Gasteiger partial charge in [0.2, 0.25) is 5.91 Å². The van der Waals surface area contributed by atoms with Crippen LogP contribution in [0.4, 0.5) is 5.69 Å². The fraction of sp³-hybridized carbons (Fsp3) is 0.550. The summed E-state index contributed by atoms with van der Waals surface area (Å²) in [7, 11) is 0. The Hall–Kier alpha value is -2.21. The van der Waals surface area contributed by atoms with Crippen LogP contribution >= 0.6 is 0 Å². The van der Waals surface area contributed by atoms with Crippen LogP contribution < -0.4 is 5.01 Å². The smallest absolute Gasteiger partial charge is 0.270 e. The van der Waals surface area contributed by atoms with Crippen LogP contribution in [0.3, 0.4) is 0 Å². The highest BCUT2D eigenvalue weighted by atomic mass is 16.5. The van der Waals surface area contributed by atoms with Gasteiger partial charge in [-0.05, 0) is 50.8 Å². The molecule has 1 saturated heterocycles. The molecule has 2 heterocycles. The number of carbonyl (C=O) groups excluding carboxylic acids is 2. The standard InChI is InChI=1S/C20H27N3O3/c1-4-22(13-16-6-5-11-26-16)20(25)17-9-10-19(24)23(21-17)18-12-14(2)7-8-15(18)3/h7-8,12,16H,4-6,9-11,13H2,1-3H3/t16-/m0/s1. The first-order valence-corrected chi connectivity index (χ1v) is 9.38. The number of carbonyl (C=O) groups is 2. The summed E-state index contributed by atoms with van der Waals surface area (Å²) in [5.74, 6) is -0.164. The zero-order valence-corrected chi connectivity index (χ0v) is 15.8. The van der Waals surface area contributed by atoms with Crippen molar-refractivity contribution < 1.29 is 14.3 Å². The van der Waals surface area contributed by atoms with Crippen molar-refractivity contribution in [1.29, 1.82) is 0 Å². The van der Waals surface area contributed by atoms with Crippen molar-refractivity contribution in [2.24, 2.45) is 5.10 Å². The van der Waals surface area contributed by atoms with E-state index in [1.807, 2.05) is 39.0 Å². The third-order valence-corrected chi connectivity index (χ3v) is 4.99. The average molecular weight is 357 g/mol. The van der Waals surface area contributed by atoms with Crippen molar-refractivity contribution in [1.82, 2.24) is 4.90 Å². The molecular weight excluding hydrogens is 330 g/mol. The molecule has 0 N–H and O–H groups in total. The van der Waals surface area contributed by atoms with Crippen molar-refractivity contribution in [3.05, 3.63) is 29.3 Å². The van der Waals surface area contributed by atoms with Gasteiger partial charge in [-0.25, -0.2) is 5.01 Å². The second kappa shape index (κ2) is 7.99. The summed E-state index contributed by atoms with van der Waals surface area (Å²) < 4.78 is 5.66. The number of ether oxygens (including phenoxy) is 1. The van der Waals surface area contributed by atoms with Gasteiger partial charge in [-0.15, -0.1) is 0 Å². The summed E-state index contributed by atoms with van der Waals surface area (Å²) in [6, 6.07) is 5.91. The van der Waals surface area contributed by atoms with Crippen LogP contribution in [0.1, 0.15) is 43.7 Å². The Balaban J connectivity index is 1.82. The minimum Gasteiger partial charge on any atom is -0.376 e. The Labute approximate surface area is 154 Å². The molecule has 2 aliphatic heterocycles. The summed E-state index contributed by atoms with van der Waals surface area (Å²) in [6.07, 6.45) is 2.84. The summed E-state index contributed by atoms with van der Waals surface area (Å²) in [6.45, 7) is 7.86. The Bertz CT molecular complexity index is 723. The normalized spacial score (nSPS) is 20.3. The molecule has 3 rings (SSSR count). The summed E-state index contributed by atoms with van der Waals surface area (Å²) in [5.41, 5.74) is 3.22. The molecule has 1 fully saturated rings. The first kappa shape index (κ1) is 18.6. The van der Waals surface area contributed by atoms with Crippen LogP contribution in [0, 0.1) is 13.8 Å². The zero-order chi connectivity index (χ0) is 18.7. The van der Waals surface area contributed by atoms with Crippen LogP contribution in [0.15, 0.2) is 23.3 Å². The van der Waals surface area contributed by atoms with E-state index >= 15 is 0 Å². The van der Waals surface area contributed by atoms with Gasteiger partial charge in [-0.2, -0.15) is 5.10 Å². The highest BCUT2D eigenvalue weighted by Gasteiger charge is 2.30. The molecule has 26 heavy (non-hydrogen) atoms. The number of rotatable bonds is 5. The maximum absolute atomic E-state index is 13.0. The lowest BCUT2D eigenvalue weighted by Crippen LogP contribution is -2.44. The minimum atomic E-state index is -0.0918. The lowest BCUT2D eigenvalue weighted by Gasteiger charge is -2.28. The van der Waals surface area contributed by atoms with E-state index in [-0.39, 0.29) is 17.9 Å². The Morgan fingerprint density at radius 1 is 1.35 bits per heavy atom. The van der Waals surface area contributed by atoms with E-state index in [1.165, 1.54) is 5.01 Å². The summed E-state index contributed by atoms with van der Waals surface area (Å²) in [5, 5.41) is 5.85. The average Bonchev–Trinajstić information content (AvgIpc) is 3.15. The Kier molecular flexibility index (Phi) is 5.71. The van der Waals surface area contributed by atoms with Crippen molar-refractivity contribution >= 4 is 23.2 Å². The molecule has 0 aromatic heterocycles. The third kappa shape index (κ3) is 3.96. The Morgan fingerprint density at radius 3 is 2.85 bits per heavy atom. The van der Waals surface area contributed by atoms with E-state index in [0.29, 0.717) is 31.6 Å². The fourth-order valence-electron chi connectivity index (χ4n) is 3.42. The summed E-state index contributed by atoms with van der Waals surface area (Å²) in [4.78, 5) is 27.2. The SMILES string of the molecule is CCN(C[C@@H]1CCCO1)C(=O)C1=NN(c2cc(C)ccc2C)C(=O)CC1. The summed E-state index contributed by atoms with van der Waals surface area (Å²) >= 11 is 0. The number of anilines is 1. The molecule has 1 atom stereocenters. The van der Waals surface area contributed by atoms with Gasteiger partial charge in [0.1, 0.15) is 5.71 Å². The fourth-order valence-corrected chi connectivity index (χ4v) is 3.42. The van der Waals surface area contributed by atoms with Crippen LogP contribution in [-0.4, -0.2) is 48.2 Å². The van der Waals surface area contributed by atoms with Gasteiger partial charge in [0.05, 0.1) is 11.8 Å². The van der Waals surface area contributed by atoms with Crippen LogP contribution in [-0.2, 0) is 14.3 Å². The van der Waals surface area contributed by atoms with Crippen LogP contribution in [0.2, 0.25) is 0 Å². The lowest BCUT2D eigenvalue weighted by molar-refractivity contribution is -0.125. The predicted molar refractivity (Wildman–Crippen MR) is 101 cm³/mol. The van der Waals surface area contributed by atoms with Gasteiger partial charge in [0.15, 0.2) is 0 Å². The van der Waals surface area contributed by atoms with Gasteiger partial charge in [0, 0.05) is 32.5 Å². The molecule has 1 aromatic rings. The maximum Gasteiger partial charge on any atom is 0.270 e. The number of hydrazone groups is 1. The van der Waals surface area contributed by atoms with Gasteiger partial charge < -0.3 is 9.64 Å². The molecule has 0 unspecified atom stereocenters. The number of aryl methyl sites for hydroxylation is 2. The monoisotopic (exact) mass is 357 g/mol. The third-order valence-electron chi connectivity index (χ3n) is 4.99. The molecule has 6 heteroatoms. The lowest BCUT2D eigenvalue weighted by atomic mass is 10.1. The number of hydrogen-bond donors (Lipinski definition) is 0. The number of hydrogen-bond acceptors (Lipinski definition) is 4. The zero-order valence-electron chi connectivity index (χ0n) is 15.8. The minimum absolute atomic E-state index is 0.0718. The first-order chi connectivity index (χ1) is 12.5. The van der Waals surface area contributed by atoms with Gasteiger partial charge in [-0.3, -0.25) is 9.59 Å². The predicted octanol–water partition coefficient (Wildman–Crippen LogP) is 2.81. The molecule has 140 valence electrons. The quantitative estimate of drug-likeness (QED) is 0.814. The van der Waals surface area contributed by atoms with E-state index < -0.39 is 0 Å². The molecule has 0 aliphatic carbocycles. The van der Waals surface area contributed by atoms with E-state index in [9.17, 15) is 9.59 Å². The van der Waals surface area contributed by atoms with Crippen molar-refractivity contribution in [2.75, 3.05) is 24.7 Å². The first-order valence-electron chi connectivity index (χ1n) is 9.38. The Morgan fingerprint density at radius 2 is 2.15 bits per heavy atom. The van der Waals surface area contributed by atoms with Crippen molar-refractivity contribution in [3.63, 3.8) is 0 Å². The number of nitrogens with zero attached hydrogens (tertiary/aromatic N) is 3. The van der Waals surface area contributed by atoms with Gasteiger partial charge >= 0.3 is 0 Å². The van der Waals surface area contributed by atoms with E-state index in [4.69, 9.17) is 4.74 Å². The van der Waals surface area contributed by atoms with E-state index in [2.05, 4.69) is 5.10 Å². The van der Waals surface area contributed by atoms with Crippen LogP contribution in [0.5, 0.6) is 0 Å². The van der Waals surface area contributed by atoms with E-state index in [0.717, 1.165) is 36.3 Å².